The summed E-state index contributed by atoms with van der Waals surface area (Å²) in [6.07, 6.45) is 4.99. The Bertz CT molecular complexity index is 457. The fourth-order valence-electron chi connectivity index (χ4n) is 1.24. The van der Waals surface area contributed by atoms with Crippen molar-refractivity contribution in [1.82, 2.24) is 15.0 Å². The second-order valence-electron chi connectivity index (χ2n) is 2.92. The third kappa shape index (κ3) is 1.72. The summed E-state index contributed by atoms with van der Waals surface area (Å²) in [4.78, 5) is 12.0. The Labute approximate surface area is 86.8 Å². The van der Waals surface area contributed by atoms with Gasteiger partial charge in [0.2, 0.25) is 0 Å². The third-order valence-corrected chi connectivity index (χ3v) is 2.14. The Morgan fingerprint density at radius 2 is 2.14 bits per heavy atom. The summed E-state index contributed by atoms with van der Waals surface area (Å²) >= 11 is 5.78. The maximum absolute atomic E-state index is 5.78. The molecule has 0 fully saturated rings. The normalized spacial score (nSPS) is 10.1. The van der Waals surface area contributed by atoms with Crippen LogP contribution in [0.4, 0.5) is 0 Å². The number of pyridine rings is 1. The Hall–Kier alpha value is -1.48. The van der Waals surface area contributed by atoms with E-state index >= 15 is 0 Å². The van der Waals surface area contributed by atoms with Crippen LogP contribution in [-0.4, -0.2) is 15.0 Å². The molecular formula is C10H8ClN3. The second kappa shape index (κ2) is 3.72. The first-order valence-electron chi connectivity index (χ1n) is 4.16. The lowest BCUT2D eigenvalue weighted by molar-refractivity contribution is 1.16. The molecule has 0 atom stereocenters. The molecule has 0 bridgehead atoms. The predicted octanol–water partition coefficient (Wildman–Crippen LogP) is 2.50. The SMILES string of the molecule is Cc1cnccc1-c1cc(Cl)ncn1. The standard InChI is InChI=1S/C10H8ClN3/c1-7-5-12-3-2-8(7)9-4-10(11)14-6-13-9/h2-6H,1H3. The minimum Gasteiger partial charge on any atom is -0.264 e. The zero-order valence-corrected chi connectivity index (χ0v) is 8.36. The number of rotatable bonds is 1. The van der Waals surface area contributed by atoms with Crippen molar-refractivity contribution in [3.63, 3.8) is 0 Å². The highest BCUT2D eigenvalue weighted by Gasteiger charge is 2.03. The lowest BCUT2D eigenvalue weighted by atomic mass is 10.1. The van der Waals surface area contributed by atoms with Crippen molar-refractivity contribution in [3.8, 4) is 11.3 Å². The predicted molar refractivity (Wildman–Crippen MR) is 55.0 cm³/mol. The number of nitrogens with zero attached hydrogens (tertiary/aromatic N) is 3. The molecule has 0 aliphatic heterocycles. The first kappa shape index (κ1) is 9.09. The van der Waals surface area contributed by atoms with E-state index in [-0.39, 0.29) is 0 Å². The summed E-state index contributed by atoms with van der Waals surface area (Å²) < 4.78 is 0. The summed E-state index contributed by atoms with van der Waals surface area (Å²) in [6, 6.07) is 3.65. The fraction of sp³-hybridized carbons (Fsp3) is 0.100. The van der Waals surface area contributed by atoms with Gasteiger partial charge in [0.25, 0.3) is 0 Å². The van der Waals surface area contributed by atoms with Gasteiger partial charge in [0.15, 0.2) is 0 Å². The van der Waals surface area contributed by atoms with Crippen LogP contribution in [0.3, 0.4) is 0 Å². The van der Waals surface area contributed by atoms with Crippen LogP contribution in [0.15, 0.2) is 30.9 Å². The zero-order valence-electron chi connectivity index (χ0n) is 7.61. The monoisotopic (exact) mass is 205 g/mol. The molecule has 0 saturated heterocycles. The zero-order chi connectivity index (χ0) is 9.97. The fourth-order valence-corrected chi connectivity index (χ4v) is 1.39. The Morgan fingerprint density at radius 1 is 1.29 bits per heavy atom. The van der Waals surface area contributed by atoms with Crippen LogP contribution in [0.2, 0.25) is 5.15 Å². The molecule has 3 nitrogen and oxygen atoms in total. The molecule has 0 radical (unpaired) electrons. The molecule has 0 N–H and O–H groups in total. The van der Waals surface area contributed by atoms with Gasteiger partial charge in [-0.2, -0.15) is 0 Å². The van der Waals surface area contributed by atoms with Crippen LogP contribution < -0.4 is 0 Å². The average Bonchev–Trinajstić information content (AvgIpc) is 2.18. The largest absolute Gasteiger partial charge is 0.264 e. The van der Waals surface area contributed by atoms with E-state index in [0.29, 0.717) is 5.15 Å². The highest BCUT2D eigenvalue weighted by Crippen LogP contribution is 2.21. The van der Waals surface area contributed by atoms with Crippen LogP contribution in [0.25, 0.3) is 11.3 Å². The first-order chi connectivity index (χ1) is 6.77. The van der Waals surface area contributed by atoms with Crippen LogP contribution in [0.5, 0.6) is 0 Å². The molecule has 2 heterocycles. The molecule has 70 valence electrons. The lowest BCUT2D eigenvalue weighted by Crippen LogP contribution is -1.89. The van der Waals surface area contributed by atoms with Gasteiger partial charge in [-0.05, 0) is 18.6 Å². The van der Waals surface area contributed by atoms with Crippen LogP contribution in [-0.2, 0) is 0 Å². The molecule has 0 saturated carbocycles. The van der Waals surface area contributed by atoms with Gasteiger partial charge in [-0.3, -0.25) is 4.98 Å². The minimum absolute atomic E-state index is 0.450. The number of hydrogen-bond donors (Lipinski definition) is 0. The molecule has 2 rings (SSSR count). The molecule has 0 aromatic carbocycles. The Kier molecular flexibility index (Phi) is 2.41. The van der Waals surface area contributed by atoms with Gasteiger partial charge in [0.05, 0.1) is 5.69 Å². The summed E-state index contributed by atoms with van der Waals surface area (Å²) in [6.45, 7) is 1.98. The Balaban J connectivity index is 2.55. The number of aromatic nitrogens is 3. The van der Waals surface area contributed by atoms with E-state index < -0.39 is 0 Å². The van der Waals surface area contributed by atoms with Crippen LogP contribution in [0, 0.1) is 6.92 Å². The van der Waals surface area contributed by atoms with Gasteiger partial charge in [-0.25, -0.2) is 9.97 Å². The van der Waals surface area contributed by atoms with Gasteiger partial charge in [-0.15, -0.1) is 0 Å². The topological polar surface area (TPSA) is 38.7 Å². The molecule has 4 heteroatoms. The first-order valence-corrected chi connectivity index (χ1v) is 4.53. The van der Waals surface area contributed by atoms with Gasteiger partial charge < -0.3 is 0 Å². The Morgan fingerprint density at radius 3 is 2.86 bits per heavy atom. The van der Waals surface area contributed by atoms with Gasteiger partial charge in [0, 0.05) is 24.0 Å². The molecule has 0 unspecified atom stereocenters. The molecule has 0 spiro atoms. The maximum Gasteiger partial charge on any atom is 0.133 e. The van der Waals surface area contributed by atoms with Gasteiger partial charge in [0.1, 0.15) is 11.5 Å². The summed E-state index contributed by atoms with van der Waals surface area (Å²) in [5.41, 5.74) is 2.93. The molecule has 14 heavy (non-hydrogen) atoms. The summed E-state index contributed by atoms with van der Waals surface area (Å²) in [5.74, 6) is 0. The van der Waals surface area contributed by atoms with E-state index in [1.165, 1.54) is 6.33 Å². The van der Waals surface area contributed by atoms with Crippen molar-refractivity contribution >= 4 is 11.6 Å². The maximum atomic E-state index is 5.78. The van der Waals surface area contributed by atoms with E-state index in [1.807, 2.05) is 13.0 Å². The van der Waals surface area contributed by atoms with Crippen molar-refractivity contribution in [2.45, 2.75) is 6.92 Å². The van der Waals surface area contributed by atoms with E-state index in [4.69, 9.17) is 11.6 Å². The lowest BCUT2D eigenvalue weighted by Gasteiger charge is -2.03. The molecule has 0 aliphatic carbocycles. The minimum atomic E-state index is 0.450. The second-order valence-corrected chi connectivity index (χ2v) is 3.30. The van der Waals surface area contributed by atoms with E-state index in [0.717, 1.165) is 16.8 Å². The van der Waals surface area contributed by atoms with Crippen LogP contribution >= 0.6 is 11.6 Å². The van der Waals surface area contributed by atoms with Gasteiger partial charge in [-0.1, -0.05) is 11.6 Å². The molecule has 2 aromatic heterocycles. The highest BCUT2D eigenvalue weighted by molar-refractivity contribution is 6.29. The smallest absolute Gasteiger partial charge is 0.133 e. The summed E-state index contributed by atoms with van der Waals surface area (Å²) in [7, 11) is 0. The molecule has 0 amide bonds. The van der Waals surface area contributed by atoms with E-state index in [9.17, 15) is 0 Å². The van der Waals surface area contributed by atoms with E-state index in [2.05, 4.69) is 15.0 Å². The number of aryl methyl sites for hydroxylation is 1. The van der Waals surface area contributed by atoms with Crippen molar-refractivity contribution in [2.24, 2.45) is 0 Å². The molecule has 2 aromatic rings. The summed E-state index contributed by atoms with van der Waals surface area (Å²) in [5, 5.41) is 0.450. The number of halogens is 1. The number of hydrogen-bond acceptors (Lipinski definition) is 3. The van der Waals surface area contributed by atoms with Gasteiger partial charge >= 0.3 is 0 Å². The van der Waals surface area contributed by atoms with Crippen molar-refractivity contribution in [2.75, 3.05) is 0 Å². The van der Waals surface area contributed by atoms with E-state index in [1.54, 1.807) is 18.5 Å². The highest BCUT2D eigenvalue weighted by atomic mass is 35.5. The van der Waals surface area contributed by atoms with Crippen molar-refractivity contribution in [3.05, 3.63) is 41.6 Å². The molecular weight excluding hydrogens is 198 g/mol. The average molecular weight is 206 g/mol. The van der Waals surface area contributed by atoms with Crippen LogP contribution in [0.1, 0.15) is 5.56 Å². The quantitative estimate of drug-likeness (QED) is 0.672. The third-order valence-electron chi connectivity index (χ3n) is 1.93. The van der Waals surface area contributed by atoms with Crippen molar-refractivity contribution in [1.29, 1.82) is 0 Å². The van der Waals surface area contributed by atoms with Crippen molar-refractivity contribution < 1.29 is 0 Å². The molecule has 0 aliphatic rings.